The highest BCUT2D eigenvalue weighted by molar-refractivity contribution is 7.71. The van der Waals surface area contributed by atoms with Gasteiger partial charge in [-0.3, -0.25) is 28.2 Å². The molecule has 0 spiro atoms. The Kier molecular flexibility index (Phi) is 4.74. The van der Waals surface area contributed by atoms with Gasteiger partial charge in [-0.25, -0.2) is 8.96 Å². The normalized spacial score (nSPS) is 36.5. The third kappa shape index (κ3) is 4.01. The Morgan fingerprint density at radius 3 is 3.00 bits per heavy atom. The number of benzene rings is 1. The first-order chi connectivity index (χ1) is 15.8. The van der Waals surface area contributed by atoms with Gasteiger partial charge in [0.05, 0.1) is 16.3 Å². The molecule has 2 aromatic rings. The number of H-pyrrole nitrogens is 1. The van der Waals surface area contributed by atoms with Crippen molar-refractivity contribution in [1.82, 2.24) is 9.55 Å². The predicted octanol–water partition coefficient (Wildman–Crippen LogP) is 1.37. The SMILES string of the molecule is [2H]C([2H])(OP1(=O)OCc2ccccc2O1)[C@@]1(F)O[C@@]([2H])(n2cc(C=O)c(=O)[nH]c2=S)[C@H](O)[C@@H]1O. The molecule has 5 atom stereocenters. The van der Waals surface area contributed by atoms with Crippen LogP contribution in [0.15, 0.2) is 35.3 Å². The van der Waals surface area contributed by atoms with Gasteiger partial charge in [0.2, 0.25) is 0 Å². The van der Waals surface area contributed by atoms with E-state index in [-0.39, 0.29) is 18.6 Å². The number of ether oxygens (including phenoxy) is 1. The molecule has 166 valence electrons. The maximum absolute atomic E-state index is 15.9. The van der Waals surface area contributed by atoms with E-state index in [1.165, 1.54) is 12.1 Å². The van der Waals surface area contributed by atoms with E-state index in [0.717, 1.165) is 0 Å². The van der Waals surface area contributed by atoms with Crippen molar-refractivity contribution in [3.05, 3.63) is 56.7 Å². The fraction of sp³-hybridized carbons (Fsp3) is 0.353. The summed E-state index contributed by atoms with van der Waals surface area (Å²) >= 11 is 4.87. The molecular formula is C17H16FN2O9PS. The number of halogens is 1. The zero-order valence-electron chi connectivity index (χ0n) is 18.3. The number of carbonyl (C=O) groups excluding carboxylic acids is 1. The highest BCUT2D eigenvalue weighted by Gasteiger charge is 2.57. The largest absolute Gasteiger partial charge is 0.530 e. The Morgan fingerprint density at radius 2 is 2.26 bits per heavy atom. The summed E-state index contributed by atoms with van der Waals surface area (Å²) in [6.45, 7) is -4.17. The van der Waals surface area contributed by atoms with Crippen LogP contribution in [0.1, 0.15) is 26.2 Å². The Morgan fingerprint density at radius 1 is 1.52 bits per heavy atom. The highest BCUT2D eigenvalue weighted by Crippen LogP contribution is 2.55. The smallest absolute Gasteiger partial charge is 0.404 e. The van der Waals surface area contributed by atoms with E-state index in [4.69, 9.17) is 34.6 Å². The van der Waals surface area contributed by atoms with Crippen molar-refractivity contribution in [2.24, 2.45) is 0 Å². The van der Waals surface area contributed by atoms with Crippen molar-refractivity contribution >= 4 is 26.3 Å². The third-order valence-electron chi connectivity index (χ3n) is 4.38. The van der Waals surface area contributed by atoms with E-state index < -0.39 is 54.5 Å². The highest BCUT2D eigenvalue weighted by atomic mass is 32.1. The van der Waals surface area contributed by atoms with Gasteiger partial charge in [0.25, 0.3) is 11.4 Å². The van der Waals surface area contributed by atoms with Crippen molar-refractivity contribution in [1.29, 1.82) is 0 Å². The fourth-order valence-electron chi connectivity index (χ4n) is 2.79. The Bertz CT molecular complexity index is 1330. The summed E-state index contributed by atoms with van der Waals surface area (Å²) in [5.41, 5.74) is -1.10. The third-order valence-corrected chi connectivity index (χ3v) is 5.86. The molecule has 0 aliphatic carbocycles. The zero-order chi connectivity index (χ0) is 25.1. The lowest BCUT2D eigenvalue weighted by atomic mass is 10.1. The summed E-state index contributed by atoms with van der Waals surface area (Å²) in [5, 5.41) is 20.8. The number of para-hydroxylation sites is 1. The number of hydrogen-bond acceptors (Lipinski definition) is 10. The topological polar surface area (TPSA) is 149 Å². The number of hydrogen-bond donors (Lipinski definition) is 3. The molecule has 3 N–H and O–H groups in total. The molecule has 1 aromatic carbocycles. The maximum Gasteiger partial charge on any atom is 0.530 e. The molecule has 1 saturated heterocycles. The second-order valence-corrected chi connectivity index (χ2v) is 8.32. The molecule has 4 rings (SSSR count). The molecule has 0 radical (unpaired) electrons. The average Bonchev–Trinajstić information content (AvgIpc) is 2.94. The Labute approximate surface area is 182 Å². The quantitative estimate of drug-likeness (QED) is 0.327. The number of rotatable bonds is 5. The van der Waals surface area contributed by atoms with E-state index in [1.54, 1.807) is 12.1 Å². The predicted molar refractivity (Wildman–Crippen MR) is 103 cm³/mol. The fourth-order valence-corrected chi connectivity index (χ4v) is 4.12. The van der Waals surface area contributed by atoms with Gasteiger partial charge in [-0.05, 0) is 18.3 Å². The second kappa shape index (κ2) is 8.02. The van der Waals surface area contributed by atoms with Crippen LogP contribution < -0.4 is 10.1 Å². The summed E-state index contributed by atoms with van der Waals surface area (Å²) < 4.78 is 72.5. The summed E-state index contributed by atoms with van der Waals surface area (Å²) in [7, 11) is -4.82. The molecule has 1 fully saturated rings. The molecule has 14 heteroatoms. The first-order valence-corrected chi connectivity index (χ1v) is 10.4. The molecule has 0 amide bonds. The van der Waals surface area contributed by atoms with Crippen LogP contribution in [0.3, 0.4) is 0 Å². The molecule has 31 heavy (non-hydrogen) atoms. The molecule has 1 aromatic heterocycles. The lowest BCUT2D eigenvalue weighted by Gasteiger charge is -2.28. The van der Waals surface area contributed by atoms with Crippen LogP contribution in [0.5, 0.6) is 5.75 Å². The lowest BCUT2D eigenvalue weighted by molar-refractivity contribution is -0.205. The lowest BCUT2D eigenvalue weighted by Crippen LogP contribution is -2.43. The summed E-state index contributed by atoms with van der Waals surface area (Å²) in [4.78, 5) is 24.8. The Hall–Kier alpha value is -2.25. The minimum absolute atomic E-state index is 0.0180. The van der Waals surface area contributed by atoms with Crippen molar-refractivity contribution in [2.45, 2.75) is 30.9 Å². The average molecular weight is 477 g/mol. The number of aromatic nitrogens is 2. The van der Waals surface area contributed by atoms with E-state index in [9.17, 15) is 24.4 Å². The first kappa shape index (κ1) is 18.3. The van der Waals surface area contributed by atoms with Crippen LogP contribution in [0.2, 0.25) is 0 Å². The van der Waals surface area contributed by atoms with Crippen molar-refractivity contribution in [2.75, 3.05) is 6.56 Å². The second-order valence-electron chi connectivity index (χ2n) is 6.42. The molecule has 0 saturated carbocycles. The maximum atomic E-state index is 15.9. The van der Waals surface area contributed by atoms with Gasteiger partial charge in [0.15, 0.2) is 17.3 Å². The van der Waals surface area contributed by atoms with E-state index >= 15 is 4.39 Å². The van der Waals surface area contributed by atoms with Crippen molar-refractivity contribution < 1.29 is 46.4 Å². The van der Waals surface area contributed by atoms with Crippen molar-refractivity contribution in [3.8, 4) is 5.75 Å². The van der Waals surface area contributed by atoms with Gasteiger partial charge >= 0.3 is 7.82 Å². The summed E-state index contributed by atoms with van der Waals surface area (Å²) in [6.07, 6.45) is -7.71. The molecule has 0 bridgehead atoms. The van der Waals surface area contributed by atoms with Crippen LogP contribution in [-0.4, -0.2) is 50.7 Å². The van der Waals surface area contributed by atoms with Gasteiger partial charge in [0, 0.05) is 11.8 Å². The number of alkyl halides is 1. The summed E-state index contributed by atoms with van der Waals surface area (Å²) in [5.74, 6) is -4.02. The zero-order valence-corrected chi connectivity index (χ0v) is 17.0. The molecule has 11 nitrogen and oxygen atoms in total. The number of aromatic amines is 1. The van der Waals surface area contributed by atoms with Gasteiger partial charge in [-0.1, -0.05) is 18.2 Å². The monoisotopic (exact) mass is 477 g/mol. The van der Waals surface area contributed by atoms with Crippen molar-refractivity contribution in [3.63, 3.8) is 0 Å². The van der Waals surface area contributed by atoms with Gasteiger partial charge in [0.1, 0.15) is 24.5 Å². The van der Waals surface area contributed by atoms with Crippen LogP contribution in [0.25, 0.3) is 0 Å². The summed E-state index contributed by atoms with van der Waals surface area (Å²) in [6, 6.07) is 6.11. The van der Waals surface area contributed by atoms with Crippen LogP contribution >= 0.6 is 20.0 Å². The van der Waals surface area contributed by atoms with Gasteiger partial charge in [-0.2, -0.15) is 0 Å². The minimum Gasteiger partial charge on any atom is -0.404 e. The van der Waals surface area contributed by atoms with E-state index in [1.807, 2.05) is 4.98 Å². The number of aldehydes is 1. The van der Waals surface area contributed by atoms with Gasteiger partial charge < -0.3 is 19.5 Å². The molecule has 3 heterocycles. The molecular weight excluding hydrogens is 458 g/mol. The number of fused-ring (bicyclic) bond motifs is 1. The number of phosphoric acid groups is 1. The van der Waals surface area contributed by atoms with Gasteiger partial charge in [-0.15, -0.1) is 0 Å². The van der Waals surface area contributed by atoms with Crippen LogP contribution in [0.4, 0.5) is 4.39 Å². The minimum atomic E-state index is -4.82. The van der Waals surface area contributed by atoms with E-state index in [2.05, 4.69) is 0 Å². The van der Waals surface area contributed by atoms with E-state index in [0.29, 0.717) is 16.3 Å². The number of nitrogens with zero attached hydrogens (tertiary/aromatic N) is 1. The molecule has 2 aliphatic rings. The first-order valence-electron chi connectivity index (χ1n) is 10.1. The number of nitrogens with one attached hydrogen (secondary N) is 1. The van der Waals surface area contributed by atoms with Crippen LogP contribution in [0, 0.1) is 4.77 Å². The number of carbonyl (C=O) groups is 1. The standard InChI is InChI=1S/C17H16FN2O9PS/c18-17(8-27-30(25)26-7-9-3-1-2-4-11(9)29-30)13(23)12(22)15(28-17)20-5-10(6-21)14(24)19-16(20)31/h1-6,12-13,15,22-23H,7-8H2,(H,19,24,31)/t12-,13+,15-,17-,30?/m1/s1/i8D2,15D. The number of aliphatic hydroxyl groups excluding tert-OH is 2. The Balaban J connectivity index is 1.69. The number of phosphoric ester groups is 1. The number of aliphatic hydroxyl groups is 2. The van der Waals surface area contributed by atoms with Crippen LogP contribution in [-0.2, 0) is 25.0 Å². The molecule has 1 unspecified atom stereocenters. The molecule has 2 aliphatic heterocycles.